The van der Waals surface area contributed by atoms with Crippen molar-refractivity contribution in [3.05, 3.63) is 60.7 Å². The summed E-state index contributed by atoms with van der Waals surface area (Å²) in [6.07, 6.45) is 0.785. The van der Waals surface area contributed by atoms with Crippen molar-refractivity contribution in [1.82, 2.24) is 0 Å². The molecule has 2 aromatic carbocycles. The van der Waals surface area contributed by atoms with Crippen molar-refractivity contribution >= 4 is 0 Å². The summed E-state index contributed by atoms with van der Waals surface area (Å²) in [5, 5.41) is 0. The minimum atomic E-state index is 0.392. The van der Waals surface area contributed by atoms with E-state index >= 15 is 0 Å². The van der Waals surface area contributed by atoms with Crippen LogP contribution >= 0.6 is 0 Å². The fourth-order valence-electron chi connectivity index (χ4n) is 1.77. The van der Waals surface area contributed by atoms with Gasteiger partial charge < -0.3 is 18.9 Å². The molecule has 0 saturated carbocycles. The first-order valence-corrected chi connectivity index (χ1v) is 7.49. The van der Waals surface area contributed by atoms with Crippen LogP contribution in [0.15, 0.2) is 60.7 Å². The molecule has 4 rings (SSSR count). The molecule has 0 amide bonds. The van der Waals surface area contributed by atoms with Gasteiger partial charge in [0.15, 0.2) is 0 Å². The molecule has 0 radical (unpaired) electrons. The second kappa shape index (κ2) is 7.94. The Balaban J connectivity index is 0.000000139. The molecule has 0 bridgehead atoms. The first-order valence-electron chi connectivity index (χ1n) is 7.49. The Hall–Kier alpha value is -1.88. The zero-order valence-electron chi connectivity index (χ0n) is 12.4. The summed E-state index contributed by atoms with van der Waals surface area (Å²) in [7, 11) is 0. The number of epoxide rings is 2. The Bertz CT molecular complexity index is 486. The lowest BCUT2D eigenvalue weighted by Crippen LogP contribution is -2.06. The zero-order valence-corrected chi connectivity index (χ0v) is 12.4. The van der Waals surface area contributed by atoms with E-state index in [0.717, 1.165) is 37.9 Å². The van der Waals surface area contributed by atoms with Gasteiger partial charge in [-0.1, -0.05) is 36.4 Å². The molecular weight excluding hydrogens is 280 g/mol. The standard InChI is InChI=1S/C12H10O.C6H10O3/c1-3-7-11(8-4-1)13-12-9-5-2-6-10-12;1(5-3-8-5)7-2-6-4-9-6/h1-10H;5-6H,1-4H2. The third kappa shape index (κ3) is 5.85. The van der Waals surface area contributed by atoms with Gasteiger partial charge in [0.2, 0.25) is 0 Å². The van der Waals surface area contributed by atoms with Gasteiger partial charge in [0, 0.05) is 0 Å². The minimum absolute atomic E-state index is 0.392. The summed E-state index contributed by atoms with van der Waals surface area (Å²) in [6.45, 7) is 3.26. The molecule has 2 saturated heterocycles. The Kier molecular flexibility index (Phi) is 5.42. The fraction of sp³-hybridized carbons (Fsp3) is 0.333. The molecule has 2 fully saturated rings. The lowest BCUT2D eigenvalue weighted by molar-refractivity contribution is 0.102. The molecule has 2 aliphatic heterocycles. The summed E-state index contributed by atoms with van der Waals surface area (Å²) in [6, 6.07) is 19.5. The van der Waals surface area contributed by atoms with Crippen LogP contribution in [0.2, 0.25) is 0 Å². The predicted molar refractivity (Wildman–Crippen MR) is 83.3 cm³/mol. The molecule has 0 N–H and O–H groups in total. The predicted octanol–water partition coefficient (Wildman–Crippen LogP) is 3.28. The lowest BCUT2D eigenvalue weighted by atomic mass is 10.3. The van der Waals surface area contributed by atoms with Crippen molar-refractivity contribution < 1.29 is 18.9 Å². The first kappa shape index (κ1) is 15.0. The van der Waals surface area contributed by atoms with Crippen molar-refractivity contribution in [3.8, 4) is 11.5 Å². The van der Waals surface area contributed by atoms with Crippen molar-refractivity contribution in [1.29, 1.82) is 0 Å². The largest absolute Gasteiger partial charge is 0.457 e. The van der Waals surface area contributed by atoms with Gasteiger partial charge in [-0.05, 0) is 24.3 Å². The van der Waals surface area contributed by atoms with Crippen LogP contribution in [0.25, 0.3) is 0 Å². The molecule has 4 heteroatoms. The van der Waals surface area contributed by atoms with E-state index in [9.17, 15) is 0 Å². The van der Waals surface area contributed by atoms with Crippen LogP contribution in [-0.4, -0.2) is 38.6 Å². The Morgan fingerprint density at radius 1 is 0.727 bits per heavy atom. The van der Waals surface area contributed by atoms with Crippen LogP contribution in [0.4, 0.5) is 0 Å². The second-order valence-corrected chi connectivity index (χ2v) is 5.18. The summed E-state index contributed by atoms with van der Waals surface area (Å²) in [5.41, 5.74) is 0. The van der Waals surface area contributed by atoms with Gasteiger partial charge in [0.25, 0.3) is 0 Å². The van der Waals surface area contributed by atoms with Crippen LogP contribution in [0, 0.1) is 0 Å². The van der Waals surface area contributed by atoms with Crippen molar-refractivity contribution in [2.24, 2.45) is 0 Å². The Morgan fingerprint density at radius 3 is 1.50 bits per heavy atom. The monoisotopic (exact) mass is 300 g/mol. The summed E-state index contributed by atoms with van der Waals surface area (Å²) < 4.78 is 20.7. The SMILES string of the molecule is C(OCC1CO1)C1CO1.c1ccc(Oc2ccccc2)cc1. The Morgan fingerprint density at radius 2 is 1.14 bits per heavy atom. The molecule has 2 aromatic rings. The van der Waals surface area contributed by atoms with E-state index in [0.29, 0.717) is 12.2 Å². The van der Waals surface area contributed by atoms with E-state index in [2.05, 4.69) is 0 Å². The van der Waals surface area contributed by atoms with Crippen molar-refractivity contribution in [2.45, 2.75) is 12.2 Å². The fourth-order valence-corrected chi connectivity index (χ4v) is 1.77. The van der Waals surface area contributed by atoms with Crippen LogP contribution in [0.5, 0.6) is 11.5 Å². The smallest absolute Gasteiger partial charge is 0.127 e. The van der Waals surface area contributed by atoms with Crippen molar-refractivity contribution in [2.75, 3.05) is 26.4 Å². The molecule has 0 spiro atoms. The second-order valence-electron chi connectivity index (χ2n) is 5.18. The third-order valence-corrected chi connectivity index (χ3v) is 3.13. The average molecular weight is 300 g/mol. The van der Waals surface area contributed by atoms with E-state index in [-0.39, 0.29) is 0 Å². The number of hydrogen-bond acceptors (Lipinski definition) is 4. The van der Waals surface area contributed by atoms with Crippen LogP contribution in [-0.2, 0) is 14.2 Å². The number of rotatable bonds is 6. The van der Waals surface area contributed by atoms with Crippen LogP contribution in [0.3, 0.4) is 0 Å². The highest BCUT2D eigenvalue weighted by molar-refractivity contribution is 5.30. The van der Waals surface area contributed by atoms with E-state index < -0.39 is 0 Å². The van der Waals surface area contributed by atoms with Gasteiger partial charge in [-0.15, -0.1) is 0 Å². The molecule has 116 valence electrons. The molecule has 0 aliphatic carbocycles. The summed E-state index contributed by atoms with van der Waals surface area (Å²) in [5.74, 6) is 1.74. The van der Waals surface area contributed by atoms with Crippen LogP contribution < -0.4 is 4.74 Å². The lowest BCUT2D eigenvalue weighted by Gasteiger charge is -2.03. The maximum absolute atomic E-state index is 5.58. The number of para-hydroxylation sites is 2. The van der Waals surface area contributed by atoms with Gasteiger partial charge in [-0.25, -0.2) is 0 Å². The van der Waals surface area contributed by atoms with E-state index in [4.69, 9.17) is 18.9 Å². The van der Waals surface area contributed by atoms with Gasteiger partial charge in [0.05, 0.1) is 26.4 Å². The van der Waals surface area contributed by atoms with Gasteiger partial charge in [-0.2, -0.15) is 0 Å². The van der Waals surface area contributed by atoms with E-state index in [1.807, 2.05) is 60.7 Å². The highest BCUT2D eigenvalue weighted by atomic mass is 16.6. The molecule has 2 heterocycles. The van der Waals surface area contributed by atoms with Gasteiger partial charge in [-0.3, -0.25) is 0 Å². The van der Waals surface area contributed by atoms with Crippen molar-refractivity contribution in [3.63, 3.8) is 0 Å². The quantitative estimate of drug-likeness (QED) is 0.768. The van der Waals surface area contributed by atoms with E-state index in [1.165, 1.54) is 0 Å². The number of benzene rings is 2. The minimum Gasteiger partial charge on any atom is -0.457 e. The van der Waals surface area contributed by atoms with E-state index in [1.54, 1.807) is 0 Å². The summed E-state index contributed by atoms with van der Waals surface area (Å²) in [4.78, 5) is 0. The maximum Gasteiger partial charge on any atom is 0.127 e. The van der Waals surface area contributed by atoms with Gasteiger partial charge in [0.1, 0.15) is 23.7 Å². The zero-order chi connectivity index (χ0) is 15.0. The first-order chi connectivity index (χ1) is 10.9. The molecule has 2 aliphatic rings. The topological polar surface area (TPSA) is 43.5 Å². The highest BCUT2D eigenvalue weighted by Gasteiger charge is 2.26. The third-order valence-electron chi connectivity index (χ3n) is 3.13. The molecule has 2 atom stereocenters. The number of ether oxygens (including phenoxy) is 4. The highest BCUT2D eigenvalue weighted by Crippen LogP contribution is 2.19. The molecule has 2 unspecified atom stereocenters. The molecule has 0 aromatic heterocycles. The Labute approximate surface area is 130 Å². The molecular formula is C18H20O4. The number of hydrogen-bond donors (Lipinski definition) is 0. The average Bonchev–Trinajstić information content (AvgIpc) is 3.46. The van der Waals surface area contributed by atoms with Crippen LogP contribution in [0.1, 0.15) is 0 Å². The molecule has 4 nitrogen and oxygen atoms in total. The normalized spacial score (nSPS) is 21.5. The maximum atomic E-state index is 5.58. The summed E-state index contributed by atoms with van der Waals surface area (Å²) >= 11 is 0. The van der Waals surface area contributed by atoms with Gasteiger partial charge >= 0.3 is 0 Å². The molecule has 22 heavy (non-hydrogen) atoms.